The molecule has 2 aliphatic heterocycles. The number of aliphatic hydroxyl groups excluding tert-OH is 3. The second-order valence-electron chi connectivity index (χ2n) is 32.9. The van der Waals surface area contributed by atoms with Gasteiger partial charge >= 0.3 is 36.0 Å². The molecule has 17 N–H and O–H groups in total. The van der Waals surface area contributed by atoms with Crippen molar-refractivity contribution in [2.45, 2.75) is 203 Å². The van der Waals surface area contributed by atoms with E-state index in [1.807, 2.05) is 0 Å². The molecule has 40 heteroatoms. The summed E-state index contributed by atoms with van der Waals surface area (Å²) in [5, 5.41) is 67.9. The number of hydrogen-bond donors (Lipinski definition) is 15. The minimum Gasteiger partial charge on any atom is -0.455 e. The van der Waals surface area contributed by atoms with Gasteiger partial charge in [-0.1, -0.05) is 94.4 Å². The van der Waals surface area contributed by atoms with Crippen LogP contribution in [0.25, 0.3) is 0 Å². The van der Waals surface area contributed by atoms with E-state index in [1.54, 1.807) is 56.3 Å². The van der Waals surface area contributed by atoms with Crippen molar-refractivity contribution in [2.24, 2.45) is 34.1 Å². The summed E-state index contributed by atoms with van der Waals surface area (Å²) in [6.45, 7) is 8.90. The third-order valence-corrected chi connectivity index (χ3v) is 23.5. The number of unbranched alkanes of at least 4 members (excludes halogenated alkanes) is 1. The highest BCUT2D eigenvalue weighted by atomic mass is 16.6. The van der Waals surface area contributed by atoms with Crippen molar-refractivity contribution in [1.29, 1.82) is 0 Å². The molecule has 0 spiro atoms. The van der Waals surface area contributed by atoms with E-state index >= 15 is 9.59 Å². The van der Waals surface area contributed by atoms with E-state index in [-0.39, 0.29) is 98.7 Å². The number of nitrogens with two attached hydrogens (primary N) is 2. The number of ether oxygens (including phenoxy) is 7. The van der Waals surface area contributed by atoms with Gasteiger partial charge in [0.25, 0.3) is 5.91 Å². The Morgan fingerprint density at radius 2 is 1.27 bits per heavy atom. The first-order valence-corrected chi connectivity index (χ1v) is 41.4. The van der Waals surface area contributed by atoms with E-state index in [0.717, 1.165) is 18.7 Å². The maximum atomic E-state index is 16.1. The van der Waals surface area contributed by atoms with Gasteiger partial charge in [-0.15, -0.1) is 0 Å². The molecule has 1 aromatic heterocycles. The van der Waals surface area contributed by atoms with Gasteiger partial charge in [0.2, 0.25) is 47.5 Å². The Morgan fingerprint density at radius 1 is 0.704 bits per heavy atom. The predicted octanol–water partition coefficient (Wildman–Crippen LogP) is -0.847. The minimum atomic E-state index is -2.63. The average molecular weight is 1750 g/mol. The zero-order valence-corrected chi connectivity index (χ0v) is 71.2. The van der Waals surface area contributed by atoms with Crippen LogP contribution in [0.2, 0.25) is 0 Å². The van der Waals surface area contributed by atoms with Crippen molar-refractivity contribution in [2.75, 3.05) is 72.8 Å². The van der Waals surface area contributed by atoms with Crippen LogP contribution >= 0.6 is 0 Å². The molecule has 2 saturated heterocycles. The van der Waals surface area contributed by atoms with E-state index in [9.17, 15) is 82.8 Å². The number of carbonyl (C=O) groups excluding carboxylic acids is 15. The fourth-order valence-electron chi connectivity index (χ4n) is 16.6. The average Bonchev–Trinajstić information content (AvgIpc) is 0.955. The van der Waals surface area contributed by atoms with Gasteiger partial charge in [-0.3, -0.25) is 52.7 Å². The number of benzene rings is 3. The predicted molar refractivity (Wildman–Crippen MR) is 439 cm³/mol. The number of fused-ring (bicyclic) bond motifs is 5. The largest absolute Gasteiger partial charge is 0.455 e. The summed E-state index contributed by atoms with van der Waals surface area (Å²) in [7, 11) is 1.21. The topological polar surface area (TPSA) is 585 Å². The number of rotatable bonds is 39. The van der Waals surface area contributed by atoms with Crippen LogP contribution in [-0.2, 0) is 92.3 Å². The summed E-state index contributed by atoms with van der Waals surface area (Å²) in [6.07, 6.45) is -11.2. The molecular formula is C85H114N14O26. The molecule has 4 fully saturated rings. The van der Waals surface area contributed by atoms with Crippen LogP contribution in [0, 0.1) is 22.7 Å². The molecule has 3 aromatic carbocycles. The molecule has 17 atom stereocenters. The third-order valence-electron chi connectivity index (χ3n) is 23.5. The summed E-state index contributed by atoms with van der Waals surface area (Å²) in [5.41, 5.74) is 3.07. The Kier molecular flexibility index (Phi) is 33.5. The number of likely N-dealkylation sites (N-methyl/N-ethyl adjacent to an activating group) is 1. The molecule has 11 amide bonds. The Morgan fingerprint density at radius 3 is 1.82 bits per heavy atom. The number of nitrogens with one attached hydrogen (secondary N) is 9. The van der Waals surface area contributed by atoms with Gasteiger partial charge in [0.05, 0.1) is 68.1 Å². The van der Waals surface area contributed by atoms with Gasteiger partial charge in [0, 0.05) is 89.9 Å². The first-order chi connectivity index (χ1) is 59.3. The highest BCUT2D eigenvalue weighted by Crippen LogP contribution is 2.64. The van der Waals surface area contributed by atoms with Gasteiger partial charge < -0.3 is 122 Å². The molecule has 9 rings (SSSR count). The van der Waals surface area contributed by atoms with Crippen molar-refractivity contribution in [3.8, 4) is 0 Å². The van der Waals surface area contributed by atoms with Crippen LogP contribution < -0.4 is 54.0 Å². The number of ketones is 1. The Hall–Kier alpha value is -11.8. The van der Waals surface area contributed by atoms with Gasteiger partial charge in [-0.05, 0) is 99.4 Å². The number of aromatic amines is 1. The molecule has 125 heavy (non-hydrogen) atoms. The quantitative estimate of drug-likeness (QED) is 0.0112. The second kappa shape index (κ2) is 43.2. The van der Waals surface area contributed by atoms with Gasteiger partial charge in [0.1, 0.15) is 66.2 Å². The lowest BCUT2D eigenvalue weighted by atomic mass is 9.44. The number of urea groups is 1. The third kappa shape index (κ3) is 23.2. The van der Waals surface area contributed by atoms with E-state index in [1.165, 1.54) is 101 Å². The lowest BCUT2D eigenvalue weighted by molar-refractivity contribution is -0.346. The van der Waals surface area contributed by atoms with Crippen molar-refractivity contribution >= 4 is 89.0 Å². The number of carbonyl (C=O) groups is 15. The molecule has 0 radical (unpaired) electrons. The number of morpholine rings is 1. The smallest absolute Gasteiger partial charge is 0.410 e. The van der Waals surface area contributed by atoms with E-state index in [0.29, 0.717) is 12.1 Å². The van der Waals surface area contributed by atoms with Gasteiger partial charge in [-0.2, -0.15) is 0 Å². The highest BCUT2D eigenvalue weighted by molar-refractivity contribution is 5.99. The lowest BCUT2D eigenvalue weighted by Crippen LogP contribution is -2.82. The molecular weight excluding hydrogens is 1630 g/mol. The molecule has 2 saturated carbocycles. The van der Waals surface area contributed by atoms with Crippen LogP contribution in [0.1, 0.15) is 145 Å². The standard InChI is InChI=1S/C85H114N14O26/c1-46(2)37-56(93-73(109)54(27-19-20-30-86)91-76(112)58(42-100)95-77(113)59(43-101)94-75(111)57(38-53-41-88-45-90-53)96-80(116)99-33-35-119-36-34-99)74(110)92-55(28-29-63(87)105)72(108)89-31-32-98(9)81(117)123-67(65(50-21-13-10-14-22-50)97-71(107)51-23-15-11-16-24-51)79(115)122-60-40-85(118)70(124-78(114)52-25-17-12-18-26-52)68-83(8,61(104)39-62-84(68,44-120-62)125-49(5)103)69(106)66(121-48(4)102)64(47(60)3)82(85,6)7/h10-18,21-26,41,45-46,54-62,65-68,70,100-101,104,118H,19-20,27-40,42-44,86H2,1-9H3,(H2,87,105)(H,88,90)(H,89,108)(H,91,112)(H,92,110)(H,93,109)(H,94,111)(H,95,113)(H,96,116)(H,97,107)/t54-,55-,56-,57-,58-,59-,60+,61-,62-,65-,66+,67+,68+,70-,83+,84+,85+/m0/s1. The SMILES string of the molecule is CC(=O)O[C@H]1C(=O)[C@]2(C)[C@@H](O)C[C@@H]3OC[C@]3(OC(C)=O)[C@@H]2[C@H](OC(=O)c2ccccc2)[C@]2(O)C[C@@H](OC(=O)[C@H](OC(=O)N(C)CCNC(=O)[C@H](CCC(N)=O)NC(=O)[C@H](CC(C)C)NC(=O)[C@H](CCCCN)NC(=O)[C@H](CO)NC(=O)[C@H](CO)NC(=O)[C@H](Cc3c[nH]cn3)NC(=O)N3CCOCC3)[C@@H](NC(=O)c3ccccc3)c3ccccc3)C(C)=C1C2(C)C. The second-order valence-corrected chi connectivity index (χ2v) is 32.9. The molecule has 5 aliphatic rings. The van der Waals surface area contributed by atoms with Crippen LogP contribution in [0.5, 0.6) is 0 Å². The first-order valence-electron chi connectivity index (χ1n) is 41.4. The van der Waals surface area contributed by atoms with Crippen molar-refractivity contribution in [3.63, 3.8) is 0 Å². The Bertz CT molecular complexity index is 4560. The number of aliphatic hydroxyl groups is 4. The Balaban J connectivity index is 0.946. The summed E-state index contributed by atoms with van der Waals surface area (Å²) < 4.78 is 42.7. The molecule has 2 bridgehead atoms. The molecule has 3 heterocycles. The zero-order chi connectivity index (χ0) is 91.4. The molecule has 40 nitrogen and oxygen atoms in total. The number of hydrogen-bond acceptors (Lipinski definition) is 28. The lowest BCUT2D eigenvalue weighted by Gasteiger charge is -2.67. The summed E-state index contributed by atoms with van der Waals surface area (Å²) in [6, 6.07) is 11.3. The maximum absolute atomic E-state index is 16.1. The number of aromatic nitrogens is 2. The van der Waals surface area contributed by atoms with E-state index < -0.39 is 248 Å². The monoisotopic (exact) mass is 1750 g/mol. The number of imidazole rings is 1. The fourth-order valence-corrected chi connectivity index (χ4v) is 16.6. The minimum absolute atomic E-state index is 0.00649. The van der Waals surface area contributed by atoms with E-state index in [2.05, 4.69) is 52.5 Å². The van der Waals surface area contributed by atoms with Crippen molar-refractivity contribution < 1.29 is 126 Å². The molecule has 0 unspecified atom stereocenters. The normalized spacial score (nSPS) is 23.6. The van der Waals surface area contributed by atoms with Crippen LogP contribution in [-0.4, -0.2) is 286 Å². The van der Waals surface area contributed by atoms with Crippen LogP contribution in [0.4, 0.5) is 9.59 Å². The highest BCUT2D eigenvalue weighted by Gasteiger charge is 2.78. The van der Waals surface area contributed by atoms with Gasteiger partial charge in [-0.25, -0.2) is 24.2 Å². The van der Waals surface area contributed by atoms with Crippen molar-refractivity contribution in [3.05, 3.63) is 137 Å². The number of Topliss-reactive ketones (excluding diaryl/α,β-unsaturated/α-hetero) is 1. The van der Waals surface area contributed by atoms with Crippen molar-refractivity contribution in [1.82, 2.24) is 62.3 Å². The summed E-state index contributed by atoms with van der Waals surface area (Å²) >= 11 is 0. The number of nitrogens with zero attached hydrogens (tertiary/aromatic N) is 3. The van der Waals surface area contributed by atoms with E-state index in [4.69, 9.17) is 44.6 Å². The summed E-state index contributed by atoms with van der Waals surface area (Å²) in [4.78, 5) is 223. The molecule has 4 aromatic rings. The van der Waals surface area contributed by atoms with Gasteiger partial charge in [0.15, 0.2) is 17.5 Å². The Labute approximate surface area is 721 Å². The molecule has 680 valence electrons. The maximum Gasteiger partial charge on any atom is 0.410 e. The summed E-state index contributed by atoms with van der Waals surface area (Å²) in [5.74, 6) is -15.2. The van der Waals surface area contributed by atoms with Crippen LogP contribution in [0.3, 0.4) is 0 Å². The molecule has 3 aliphatic carbocycles. The first kappa shape index (κ1) is 97.0. The zero-order valence-electron chi connectivity index (χ0n) is 71.2. The fraction of sp³-hybridized carbons (Fsp3) is 0.553. The number of H-pyrrole nitrogens is 1. The number of amides is 11. The number of primary amides is 1. The van der Waals surface area contributed by atoms with Crippen LogP contribution in [0.15, 0.2) is 115 Å². The number of esters is 4.